The minimum atomic E-state index is -0.309. The first kappa shape index (κ1) is 20.8. The molecule has 1 fully saturated rings. The second-order valence-corrected chi connectivity index (χ2v) is 9.58. The van der Waals surface area contributed by atoms with Crippen LogP contribution in [-0.4, -0.2) is 39.2 Å². The zero-order valence-electron chi connectivity index (χ0n) is 18.8. The van der Waals surface area contributed by atoms with Crippen molar-refractivity contribution in [3.8, 4) is 17.1 Å². The molecule has 3 aromatic heterocycles. The molecule has 176 valence electrons. The van der Waals surface area contributed by atoms with Gasteiger partial charge in [0, 0.05) is 48.0 Å². The van der Waals surface area contributed by atoms with Gasteiger partial charge in [-0.1, -0.05) is 18.3 Å². The molecule has 0 aliphatic carbocycles. The molecule has 0 unspecified atom stereocenters. The Morgan fingerprint density at radius 3 is 3.06 bits per heavy atom. The molecule has 2 N–H and O–H groups in total. The Hall–Kier alpha value is -3.56. The highest BCUT2D eigenvalue weighted by atomic mass is 32.1. The number of nitrogens with one attached hydrogen (secondary N) is 2. The number of hydrogen-bond donors (Lipinski definition) is 2. The van der Waals surface area contributed by atoms with E-state index in [1.54, 1.807) is 12.4 Å². The highest BCUT2D eigenvalue weighted by molar-refractivity contribution is 7.80. The van der Waals surface area contributed by atoms with E-state index < -0.39 is 0 Å². The first-order valence-electron chi connectivity index (χ1n) is 11.7. The molecule has 0 saturated carbocycles. The van der Waals surface area contributed by atoms with Crippen molar-refractivity contribution >= 4 is 34.4 Å². The van der Waals surface area contributed by atoms with Gasteiger partial charge in [0.05, 0.1) is 30.8 Å². The SMILES string of the molecule is Fc1ccn2c(-c3ccc(Nc4ccc5c(n4)OC[C@H]4COCC[C@H]54)c4c3CNC4=S)cnc2c1. The summed E-state index contributed by atoms with van der Waals surface area (Å²) >= 11 is 5.66. The van der Waals surface area contributed by atoms with Crippen molar-refractivity contribution in [3.05, 3.63) is 71.3 Å². The summed E-state index contributed by atoms with van der Waals surface area (Å²) in [5.74, 6) is 1.94. The van der Waals surface area contributed by atoms with Crippen LogP contribution in [0.25, 0.3) is 16.9 Å². The molecule has 7 nitrogen and oxygen atoms in total. The van der Waals surface area contributed by atoms with E-state index in [-0.39, 0.29) is 5.82 Å². The lowest BCUT2D eigenvalue weighted by Gasteiger charge is -2.36. The molecule has 1 aromatic carbocycles. The second-order valence-electron chi connectivity index (χ2n) is 9.17. The maximum atomic E-state index is 13.7. The maximum Gasteiger partial charge on any atom is 0.218 e. The van der Waals surface area contributed by atoms with E-state index in [9.17, 15) is 4.39 Å². The first-order chi connectivity index (χ1) is 17.2. The third kappa shape index (κ3) is 3.37. The average Bonchev–Trinajstić information content (AvgIpc) is 3.48. The topological polar surface area (TPSA) is 72.7 Å². The van der Waals surface area contributed by atoms with Crippen LogP contribution in [0.4, 0.5) is 15.9 Å². The highest BCUT2D eigenvalue weighted by Crippen LogP contribution is 2.41. The Bertz CT molecular complexity index is 1500. The molecule has 9 heteroatoms. The number of anilines is 2. The molecule has 3 aliphatic rings. The van der Waals surface area contributed by atoms with Gasteiger partial charge in [0.15, 0.2) is 0 Å². The van der Waals surface area contributed by atoms with Gasteiger partial charge >= 0.3 is 0 Å². The normalized spacial score (nSPS) is 20.5. The summed E-state index contributed by atoms with van der Waals surface area (Å²) in [7, 11) is 0. The largest absolute Gasteiger partial charge is 0.477 e. The minimum Gasteiger partial charge on any atom is -0.477 e. The van der Waals surface area contributed by atoms with Crippen molar-refractivity contribution in [1.29, 1.82) is 0 Å². The van der Waals surface area contributed by atoms with Crippen molar-refractivity contribution in [2.45, 2.75) is 18.9 Å². The predicted molar refractivity (Wildman–Crippen MR) is 134 cm³/mol. The Morgan fingerprint density at radius 2 is 2.11 bits per heavy atom. The molecule has 3 aliphatic heterocycles. The van der Waals surface area contributed by atoms with Gasteiger partial charge in [-0.2, -0.15) is 4.98 Å². The maximum absolute atomic E-state index is 13.7. The number of ether oxygens (including phenoxy) is 2. The van der Waals surface area contributed by atoms with Crippen LogP contribution >= 0.6 is 12.2 Å². The summed E-state index contributed by atoms with van der Waals surface area (Å²) in [6.45, 7) is 2.77. The van der Waals surface area contributed by atoms with E-state index in [2.05, 4.69) is 21.7 Å². The van der Waals surface area contributed by atoms with E-state index in [0.29, 0.717) is 47.3 Å². The zero-order valence-corrected chi connectivity index (χ0v) is 19.6. The van der Waals surface area contributed by atoms with Gasteiger partial charge in [-0.3, -0.25) is 4.40 Å². The molecular formula is C26H22FN5O2S. The molecule has 2 atom stereocenters. The summed E-state index contributed by atoms with van der Waals surface area (Å²) in [5, 5.41) is 6.76. The fraction of sp³-hybridized carbons (Fsp3) is 0.269. The molecule has 0 bridgehead atoms. The van der Waals surface area contributed by atoms with Crippen LogP contribution < -0.4 is 15.4 Å². The summed E-state index contributed by atoms with van der Waals surface area (Å²) in [6, 6.07) is 11.0. The van der Waals surface area contributed by atoms with Crippen molar-refractivity contribution in [1.82, 2.24) is 19.7 Å². The van der Waals surface area contributed by atoms with Crippen LogP contribution in [0, 0.1) is 11.7 Å². The van der Waals surface area contributed by atoms with Crippen LogP contribution in [0.2, 0.25) is 0 Å². The second kappa shape index (κ2) is 8.00. The minimum absolute atomic E-state index is 0.309. The van der Waals surface area contributed by atoms with Crippen molar-refractivity contribution < 1.29 is 13.9 Å². The molecule has 0 spiro atoms. The van der Waals surface area contributed by atoms with Gasteiger partial charge in [0.2, 0.25) is 5.88 Å². The molecule has 0 amide bonds. The van der Waals surface area contributed by atoms with Crippen LogP contribution in [-0.2, 0) is 11.3 Å². The van der Waals surface area contributed by atoms with Crippen LogP contribution in [0.1, 0.15) is 29.0 Å². The third-order valence-electron chi connectivity index (χ3n) is 7.18. The lowest BCUT2D eigenvalue weighted by atomic mass is 9.82. The summed E-state index contributed by atoms with van der Waals surface area (Å²) in [5.41, 5.74) is 6.52. The molecule has 35 heavy (non-hydrogen) atoms. The molecule has 4 aromatic rings. The number of nitrogens with zero attached hydrogens (tertiary/aromatic N) is 3. The fourth-order valence-electron chi connectivity index (χ4n) is 5.46. The van der Waals surface area contributed by atoms with Crippen molar-refractivity contribution in [2.75, 3.05) is 25.1 Å². The third-order valence-corrected chi connectivity index (χ3v) is 7.53. The van der Waals surface area contributed by atoms with Gasteiger partial charge in [0.25, 0.3) is 0 Å². The van der Waals surface area contributed by atoms with Gasteiger partial charge < -0.3 is 20.1 Å². The standard InChI is InChI=1S/C26H22FN5O2S/c27-15-5-7-32-21(11-28-23(32)9-15)17-1-3-20(24-19(17)10-29-26(24)35)30-22-4-2-18-16-6-8-33-12-14(16)13-34-25(18)31-22/h1-5,7,9,11,14,16H,6,8,10,12-13H2,(H,29,35)(H,30,31)/t14-,16+/m1/s1. The van der Waals surface area contributed by atoms with Gasteiger partial charge in [0.1, 0.15) is 22.3 Å². The number of halogens is 1. The number of thiocarbonyl (C=S) groups is 1. The number of hydrogen-bond acceptors (Lipinski definition) is 6. The first-order valence-corrected chi connectivity index (χ1v) is 12.1. The Labute approximate surface area is 206 Å². The number of pyridine rings is 2. The number of fused-ring (bicyclic) bond motifs is 5. The zero-order chi connectivity index (χ0) is 23.5. The van der Waals surface area contributed by atoms with Crippen LogP contribution in [0.5, 0.6) is 5.88 Å². The van der Waals surface area contributed by atoms with E-state index >= 15 is 0 Å². The Kier molecular flexibility index (Phi) is 4.75. The van der Waals surface area contributed by atoms with Gasteiger partial charge in [-0.15, -0.1) is 0 Å². The summed E-state index contributed by atoms with van der Waals surface area (Å²) < 4.78 is 27.2. The van der Waals surface area contributed by atoms with Crippen LogP contribution in [0.15, 0.2) is 48.8 Å². The molecular weight excluding hydrogens is 465 g/mol. The molecule has 0 radical (unpaired) electrons. The predicted octanol–water partition coefficient (Wildman–Crippen LogP) is 4.57. The fourth-order valence-corrected chi connectivity index (χ4v) is 5.77. The number of aromatic nitrogens is 3. The highest BCUT2D eigenvalue weighted by Gasteiger charge is 2.34. The lowest BCUT2D eigenvalue weighted by Crippen LogP contribution is -2.34. The molecule has 6 heterocycles. The number of benzene rings is 1. The summed E-state index contributed by atoms with van der Waals surface area (Å²) in [4.78, 5) is 9.85. The van der Waals surface area contributed by atoms with Gasteiger partial charge in [-0.25, -0.2) is 9.37 Å². The smallest absolute Gasteiger partial charge is 0.218 e. The monoisotopic (exact) mass is 487 g/mol. The van der Waals surface area contributed by atoms with E-state index in [4.69, 9.17) is 26.7 Å². The number of rotatable bonds is 3. The van der Waals surface area contributed by atoms with E-state index in [0.717, 1.165) is 53.3 Å². The average molecular weight is 488 g/mol. The molecule has 1 saturated heterocycles. The van der Waals surface area contributed by atoms with E-state index in [1.165, 1.54) is 12.1 Å². The molecule has 7 rings (SSSR count). The van der Waals surface area contributed by atoms with Crippen LogP contribution in [0.3, 0.4) is 0 Å². The lowest BCUT2D eigenvalue weighted by molar-refractivity contribution is 0.00922. The van der Waals surface area contributed by atoms with E-state index in [1.807, 2.05) is 22.6 Å². The Morgan fingerprint density at radius 1 is 1.17 bits per heavy atom. The van der Waals surface area contributed by atoms with Crippen molar-refractivity contribution in [3.63, 3.8) is 0 Å². The van der Waals surface area contributed by atoms with Crippen molar-refractivity contribution in [2.24, 2.45) is 5.92 Å². The Balaban J connectivity index is 1.25. The summed E-state index contributed by atoms with van der Waals surface area (Å²) in [6.07, 6.45) is 4.47. The number of imidazole rings is 1. The quantitative estimate of drug-likeness (QED) is 0.410. The van der Waals surface area contributed by atoms with Gasteiger partial charge in [-0.05, 0) is 42.2 Å².